The van der Waals surface area contributed by atoms with Gasteiger partial charge in [-0.05, 0) is 49.9 Å². The van der Waals surface area contributed by atoms with Gasteiger partial charge in [-0.25, -0.2) is 18.7 Å². The van der Waals surface area contributed by atoms with E-state index in [1.165, 1.54) is 30.7 Å². The predicted molar refractivity (Wildman–Crippen MR) is 137 cm³/mol. The molecule has 1 aliphatic carbocycles. The summed E-state index contributed by atoms with van der Waals surface area (Å²) in [6, 6.07) is 3.73. The molecule has 1 saturated carbocycles. The maximum Gasteiger partial charge on any atom is 0.254 e. The Morgan fingerprint density at radius 2 is 1.95 bits per heavy atom. The SMILES string of the molecule is Cc1cc(F)c(C(=O)NC2CC2)cc1-n1cnc(-c2cc(NC3CCN(CC(=O)CO)C[C@H]3F)cnc2F)c1. The molecule has 2 aliphatic rings. The van der Waals surface area contributed by atoms with E-state index in [2.05, 4.69) is 20.6 Å². The maximum absolute atomic E-state index is 14.8. The van der Waals surface area contributed by atoms with E-state index in [0.29, 0.717) is 29.9 Å². The van der Waals surface area contributed by atoms with Gasteiger partial charge >= 0.3 is 0 Å². The number of ketones is 1. The number of anilines is 1. The van der Waals surface area contributed by atoms with Crippen LogP contribution in [0.3, 0.4) is 0 Å². The van der Waals surface area contributed by atoms with Crippen molar-refractivity contribution < 1.29 is 27.9 Å². The van der Waals surface area contributed by atoms with Crippen molar-refractivity contribution >= 4 is 17.4 Å². The number of aromatic nitrogens is 3. The first-order valence-electron chi connectivity index (χ1n) is 12.8. The third kappa shape index (κ3) is 6.12. The molecule has 2 fully saturated rings. The molecule has 1 aliphatic heterocycles. The van der Waals surface area contributed by atoms with E-state index >= 15 is 0 Å². The highest BCUT2D eigenvalue weighted by molar-refractivity contribution is 5.95. The molecule has 39 heavy (non-hydrogen) atoms. The smallest absolute Gasteiger partial charge is 0.254 e. The molecule has 0 bridgehead atoms. The van der Waals surface area contributed by atoms with Crippen LogP contribution in [0, 0.1) is 18.7 Å². The van der Waals surface area contributed by atoms with Gasteiger partial charge < -0.3 is 20.3 Å². The molecule has 3 heterocycles. The maximum atomic E-state index is 14.8. The minimum atomic E-state index is -1.29. The third-order valence-corrected chi connectivity index (χ3v) is 6.97. The lowest BCUT2D eigenvalue weighted by Gasteiger charge is -2.35. The normalized spacial score (nSPS) is 19.6. The number of halogens is 3. The summed E-state index contributed by atoms with van der Waals surface area (Å²) in [6.07, 6.45) is 5.15. The number of piperidine rings is 1. The van der Waals surface area contributed by atoms with Crippen LogP contribution < -0.4 is 10.6 Å². The summed E-state index contributed by atoms with van der Waals surface area (Å²) >= 11 is 0. The highest BCUT2D eigenvalue weighted by Crippen LogP contribution is 2.28. The van der Waals surface area contributed by atoms with E-state index in [-0.39, 0.29) is 41.7 Å². The zero-order chi connectivity index (χ0) is 27.7. The van der Waals surface area contributed by atoms with Crippen molar-refractivity contribution in [2.45, 2.75) is 44.4 Å². The third-order valence-electron chi connectivity index (χ3n) is 6.97. The molecule has 12 heteroatoms. The van der Waals surface area contributed by atoms with Gasteiger partial charge in [0.25, 0.3) is 5.91 Å². The Bertz CT molecular complexity index is 1390. The number of aliphatic hydroxyl groups is 1. The Balaban J connectivity index is 1.33. The molecule has 1 aromatic carbocycles. The van der Waals surface area contributed by atoms with Gasteiger partial charge in [0.2, 0.25) is 5.95 Å². The van der Waals surface area contributed by atoms with Crippen molar-refractivity contribution in [2.75, 3.05) is 31.6 Å². The average molecular weight is 543 g/mol. The number of nitrogens with one attached hydrogen (secondary N) is 2. The number of alkyl halides is 1. The van der Waals surface area contributed by atoms with Gasteiger partial charge in [0.05, 0.1) is 53.3 Å². The molecular formula is C27H29F3N6O3. The quantitative estimate of drug-likeness (QED) is 0.357. The summed E-state index contributed by atoms with van der Waals surface area (Å²) in [5.74, 6) is -2.24. The zero-order valence-corrected chi connectivity index (χ0v) is 21.3. The molecule has 2 atom stereocenters. The summed E-state index contributed by atoms with van der Waals surface area (Å²) < 4.78 is 45.7. The van der Waals surface area contributed by atoms with Crippen LogP contribution in [-0.4, -0.2) is 80.7 Å². The molecule has 3 N–H and O–H groups in total. The largest absolute Gasteiger partial charge is 0.389 e. The second-order valence-electron chi connectivity index (χ2n) is 10.1. The Hall–Kier alpha value is -3.77. The number of aryl methyl sites for hydroxylation is 1. The first-order valence-corrected chi connectivity index (χ1v) is 12.8. The second-order valence-corrected chi connectivity index (χ2v) is 10.1. The van der Waals surface area contributed by atoms with Crippen molar-refractivity contribution in [1.29, 1.82) is 0 Å². The van der Waals surface area contributed by atoms with Crippen molar-refractivity contribution in [1.82, 2.24) is 24.8 Å². The first-order chi connectivity index (χ1) is 18.7. The predicted octanol–water partition coefficient (Wildman–Crippen LogP) is 2.80. The lowest BCUT2D eigenvalue weighted by atomic mass is 10.0. The summed E-state index contributed by atoms with van der Waals surface area (Å²) in [5.41, 5.74) is 1.76. The average Bonchev–Trinajstić information content (AvgIpc) is 3.58. The van der Waals surface area contributed by atoms with Crippen LogP contribution in [-0.2, 0) is 4.79 Å². The van der Waals surface area contributed by atoms with Gasteiger partial charge in [0.1, 0.15) is 18.6 Å². The highest BCUT2D eigenvalue weighted by atomic mass is 19.1. The minimum absolute atomic E-state index is 0.00519. The molecule has 1 unspecified atom stereocenters. The molecule has 3 aromatic rings. The standard InChI is InChI=1S/C27H29F3N6O3/c1-15-6-21(28)19(27(39)34-16-2-3-16)8-25(15)36-12-24(32-14-36)20-7-17(9-31-26(20)30)33-23-4-5-35(11-22(23)29)10-18(38)13-37/h6-9,12,14,16,22-23,33,37H,2-5,10-11,13H2,1H3,(H,34,39)/t22-,23?/m1/s1. The number of amides is 1. The molecule has 206 valence electrons. The Kier molecular flexibility index (Phi) is 7.67. The van der Waals surface area contributed by atoms with Gasteiger partial charge in [-0.2, -0.15) is 4.39 Å². The number of carbonyl (C=O) groups excluding carboxylic acids is 2. The van der Waals surface area contributed by atoms with E-state index in [0.717, 1.165) is 12.8 Å². The molecular weight excluding hydrogens is 513 g/mol. The molecule has 5 rings (SSSR count). The van der Waals surface area contributed by atoms with E-state index in [1.54, 1.807) is 22.6 Å². The summed E-state index contributed by atoms with van der Waals surface area (Å²) in [7, 11) is 0. The second kappa shape index (κ2) is 11.1. The van der Waals surface area contributed by atoms with Crippen molar-refractivity contribution in [3.63, 3.8) is 0 Å². The fourth-order valence-corrected chi connectivity index (χ4v) is 4.69. The fraction of sp³-hybridized carbons (Fsp3) is 0.407. The van der Waals surface area contributed by atoms with Gasteiger partial charge in [-0.15, -0.1) is 0 Å². The summed E-state index contributed by atoms with van der Waals surface area (Å²) in [6.45, 7) is 1.62. The lowest BCUT2D eigenvalue weighted by molar-refractivity contribution is -0.123. The van der Waals surface area contributed by atoms with Crippen LogP contribution >= 0.6 is 0 Å². The number of hydrogen-bond donors (Lipinski definition) is 3. The number of pyridine rings is 1. The fourth-order valence-electron chi connectivity index (χ4n) is 4.69. The van der Waals surface area contributed by atoms with Crippen molar-refractivity contribution in [3.05, 3.63) is 59.8 Å². The number of nitrogens with zero attached hydrogens (tertiary/aromatic N) is 4. The number of Topliss-reactive ketones (excluding diaryl/α,β-unsaturated/α-hetero) is 1. The first kappa shape index (κ1) is 26.8. The lowest BCUT2D eigenvalue weighted by Crippen LogP contribution is -2.49. The minimum Gasteiger partial charge on any atom is -0.389 e. The molecule has 0 radical (unpaired) electrons. The molecule has 9 nitrogen and oxygen atoms in total. The topological polar surface area (TPSA) is 112 Å². The van der Waals surface area contributed by atoms with Crippen molar-refractivity contribution in [3.8, 4) is 16.9 Å². The monoisotopic (exact) mass is 542 g/mol. The van der Waals surface area contributed by atoms with Gasteiger partial charge in [0, 0.05) is 25.3 Å². The molecule has 1 saturated heterocycles. The number of aliphatic hydroxyl groups excluding tert-OH is 1. The van der Waals surface area contributed by atoms with Crippen LogP contribution in [0.25, 0.3) is 16.9 Å². The Morgan fingerprint density at radius 3 is 2.67 bits per heavy atom. The van der Waals surface area contributed by atoms with Crippen LogP contribution in [0.1, 0.15) is 35.2 Å². The number of imidazole rings is 1. The molecule has 2 aromatic heterocycles. The Morgan fingerprint density at radius 1 is 1.15 bits per heavy atom. The van der Waals surface area contributed by atoms with Gasteiger partial charge in [0.15, 0.2) is 5.78 Å². The highest BCUT2D eigenvalue weighted by Gasteiger charge is 2.30. The molecule has 0 spiro atoms. The van der Waals surface area contributed by atoms with E-state index in [4.69, 9.17) is 5.11 Å². The number of hydrogen-bond acceptors (Lipinski definition) is 7. The van der Waals surface area contributed by atoms with Crippen molar-refractivity contribution in [2.24, 2.45) is 0 Å². The summed E-state index contributed by atoms with van der Waals surface area (Å²) in [4.78, 5) is 33.7. The van der Waals surface area contributed by atoms with E-state index in [1.807, 2.05) is 0 Å². The van der Waals surface area contributed by atoms with Crippen LogP contribution in [0.15, 0.2) is 36.9 Å². The van der Waals surface area contributed by atoms with E-state index < -0.39 is 36.5 Å². The number of rotatable bonds is 9. The number of likely N-dealkylation sites (tertiary alicyclic amines) is 1. The van der Waals surface area contributed by atoms with E-state index in [9.17, 15) is 22.8 Å². The number of carbonyl (C=O) groups is 2. The number of benzene rings is 1. The summed E-state index contributed by atoms with van der Waals surface area (Å²) in [5, 5.41) is 14.8. The zero-order valence-electron chi connectivity index (χ0n) is 21.3. The van der Waals surface area contributed by atoms with Crippen LogP contribution in [0.4, 0.5) is 18.9 Å². The van der Waals surface area contributed by atoms with Crippen LogP contribution in [0.2, 0.25) is 0 Å². The van der Waals surface area contributed by atoms with Crippen LogP contribution in [0.5, 0.6) is 0 Å². The van der Waals surface area contributed by atoms with Gasteiger partial charge in [-0.3, -0.25) is 14.5 Å². The van der Waals surface area contributed by atoms with Gasteiger partial charge in [-0.1, -0.05) is 0 Å². The molecule has 1 amide bonds. The Labute approximate surface area is 223 Å².